The Morgan fingerprint density at radius 3 is 2.44 bits per heavy atom. The summed E-state index contributed by atoms with van der Waals surface area (Å²) in [5.74, 6) is -0.831. The van der Waals surface area contributed by atoms with Gasteiger partial charge >= 0.3 is 5.97 Å². The summed E-state index contributed by atoms with van der Waals surface area (Å²) in [5, 5.41) is 12.3. The molecule has 0 fully saturated rings. The molecule has 0 saturated heterocycles. The average Bonchev–Trinajstić information content (AvgIpc) is 3.09. The third-order valence-electron chi connectivity index (χ3n) is 4.50. The molecule has 0 atom stereocenters. The van der Waals surface area contributed by atoms with E-state index in [1.54, 1.807) is 38.1 Å². The number of amides is 1. The van der Waals surface area contributed by atoms with Gasteiger partial charge in [-0.2, -0.15) is 5.26 Å². The molecule has 0 aliphatic heterocycles. The van der Waals surface area contributed by atoms with E-state index in [1.807, 2.05) is 6.07 Å². The molecule has 7 nitrogen and oxygen atoms in total. The Hall–Kier alpha value is -3.44. The quantitative estimate of drug-likeness (QED) is 0.175. The highest BCUT2D eigenvalue weighted by Gasteiger charge is 2.26. The summed E-state index contributed by atoms with van der Waals surface area (Å²) < 4.78 is 10.7. The molecule has 0 aliphatic rings. The minimum Gasteiger partial charge on any atom is -0.494 e. The Balaban J connectivity index is 2.26. The predicted octanol–water partition coefficient (Wildman–Crippen LogP) is 5.16. The van der Waals surface area contributed by atoms with Gasteiger partial charge in [-0.15, -0.1) is 11.3 Å². The van der Waals surface area contributed by atoms with Crippen molar-refractivity contribution < 1.29 is 23.9 Å². The zero-order valence-corrected chi connectivity index (χ0v) is 19.4. The highest BCUT2D eigenvalue weighted by molar-refractivity contribution is 7.18. The van der Waals surface area contributed by atoms with Crippen LogP contribution in [-0.2, 0) is 9.53 Å². The van der Waals surface area contributed by atoms with Crippen LogP contribution in [0.5, 0.6) is 5.75 Å². The minimum absolute atomic E-state index is 0.126. The van der Waals surface area contributed by atoms with Gasteiger partial charge in [-0.25, -0.2) is 4.79 Å². The number of nitriles is 1. The number of unbranched alkanes of at least 4 members (excludes halogenated alkanes) is 1. The van der Waals surface area contributed by atoms with E-state index in [2.05, 4.69) is 12.2 Å². The Bertz CT molecular complexity index is 1060. The van der Waals surface area contributed by atoms with Crippen LogP contribution in [-0.4, -0.2) is 30.9 Å². The number of carbonyl (C=O) groups is 3. The Morgan fingerprint density at radius 2 is 1.88 bits per heavy atom. The van der Waals surface area contributed by atoms with Gasteiger partial charge < -0.3 is 14.8 Å². The summed E-state index contributed by atoms with van der Waals surface area (Å²) in [6, 6.07) is 8.93. The number of rotatable bonds is 10. The van der Waals surface area contributed by atoms with Crippen molar-refractivity contribution in [3.8, 4) is 11.8 Å². The van der Waals surface area contributed by atoms with Crippen LogP contribution in [0.3, 0.4) is 0 Å². The van der Waals surface area contributed by atoms with Gasteiger partial charge in [0, 0.05) is 0 Å². The summed E-state index contributed by atoms with van der Waals surface area (Å²) in [6.07, 6.45) is 3.44. The number of carbonyl (C=O) groups excluding carboxylic acids is 3. The summed E-state index contributed by atoms with van der Waals surface area (Å²) in [7, 11) is 0. The van der Waals surface area contributed by atoms with Crippen LogP contribution in [0.1, 0.15) is 64.8 Å². The fourth-order valence-corrected chi connectivity index (χ4v) is 3.95. The highest BCUT2D eigenvalue weighted by Crippen LogP contribution is 2.34. The number of nitrogens with zero attached hydrogens (tertiary/aromatic N) is 1. The number of hydrogen-bond donors (Lipinski definition) is 1. The summed E-state index contributed by atoms with van der Waals surface area (Å²) in [5.41, 5.74) is 1.07. The van der Waals surface area contributed by atoms with Crippen LogP contribution in [0.2, 0.25) is 0 Å². The molecular weight excluding hydrogens is 428 g/mol. The molecule has 2 rings (SSSR count). The van der Waals surface area contributed by atoms with Crippen LogP contribution >= 0.6 is 11.3 Å². The Morgan fingerprint density at radius 1 is 1.19 bits per heavy atom. The third kappa shape index (κ3) is 6.28. The van der Waals surface area contributed by atoms with E-state index >= 15 is 0 Å². The number of nitrogens with one attached hydrogen (secondary N) is 1. The fraction of sp³-hybridized carbons (Fsp3) is 0.333. The zero-order valence-electron chi connectivity index (χ0n) is 18.6. The zero-order chi connectivity index (χ0) is 23.7. The van der Waals surface area contributed by atoms with Gasteiger partial charge in [-0.1, -0.05) is 25.5 Å². The van der Waals surface area contributed by atoms with Gasteiger partial charge in [0.05, 0.1) is 23.7 Å². The number of ether oxygens (including phenoxy) is 2. The maximum Gasteiger partial charge on any atom is 0.341 e. The fourth-order valence-electron chi connectivity index (χ4n) is 2.87. The lowest BCUT2D eigenvalue weighted by atomic mass is 10.1. The van der Waals surface area contributed by atoms with E-state index in [0.29, 0.717) is 28.4 Å². The van der Waals surface area contributed by atoms with Crippen LogP contribution in [0.15, 0.2) is 29.8 Å². The van der Waals surface area contributed by atoms with E-state index in [1.165, 1.54) is 13.0 Å². The molecule has 1 amide bonds. The van der Waals surface area contributed by atoms with E-state index < -0.39 is 11.9 Å². The minimum atomic E-state index is -0.683. The molecule has 1 aromatic heterocycles. The summed E-state index contributed by atoms with van der Waals surface area (Å²) in [6.45, 7) is 7.54. The van der Waals surface area contributed by atoms with Gasteiger partial charge in [-0.3, -0.25) is 9.59 Å². The number of anilines is 1. The molecule has 0 radical (unpaired) electrons. The second-order valence-electron chi connectivity index (χ2n) is 6.93. The van der Waals surface area contributed by atoms with Gasteiger partial charge in [0.1, 0.15) is 22.4 Å². The van der Waals surface area contributed by atoms with Crippen molar-refractivity contribution in [3.63, 3.8) is 0 Å². The van der Waals surface area contributed by atoms with Crippen molar-refractivity contribution in [1.29, 1.82) is 5.26 Å². The number of esters is 1. The molecule has 8 heteroatoms. The molecule has 1 N–H and O–H groups in total. The third-order valence-corrected chi connectivity index (χ3v) is 5.80. The second-order valence-corrected chi connectivity index (χ2v) is 7.95. The lowest BCUT2D eigenvalue weighted by molar-refractivity contribution is -0.112. The first-order chi connectivity index (χ1) is 15.3. The standard InChI is InChI=1S/C24H26N2O5S/c1-5-7-12-31-19-10-8-17(9-11-19)13-18(14-25)22(28)26-23-20(24(29)30-6-2)15(3)21(32-23)16(4)27/h8-11,13H,5-7,12H2,1-4H3,(H,26,28)/b18-13+. The molecule has 0 spiro atoms. The van der Waals surface area contributed by atoms with Gasteiger partial charge in [0.15, 0.2) is 5.78 Å². The monoisotopic (exact) mass is 454 g/mol. The average molecular weight is 455 g/mol. The maximum atomic E-state index is 12.8. The van der Waals surface area contributed by atoms with E-state index in [-0.39, 0.29) is 28.5 Å². The number of thiophene rings is 1. The topological polar surface area (TPSA) is 105 Å². The highest BCUT2D eigenvalue weighted by atomic mass is 32.1. The second kappa shape index (κ2) is 11.8. The number of ketones is 1. The molecule has 0 aliphatic carbocycles. The molecule has 0 unspecified atom stereocenters. The number of benzene rings is 1. The van der Waals surface area contributed by atoms with Crippen molar-refractivity contribution in [1.82, 2.24) is 0 Å². The van der Waals surface area contributed by atoms with Crippen LogP contribution in [0, 0.1) is 18.3 Å². The molecular formula is C24H26N2O5S. The van der Waals surface area contributed by atoms with Crippen molar-refractivity contribution in [2.45, 2.75) is 40.5 Å². The predicted molar refractivity (Wildman–Crippen MR) is 124 cm³/mol. The van der Waals surface area contributed by atoms with Crippen molar-refractivity contribution in [3.05, 3.63) is 51.4 Å². The van der Waals surface area contributed by atoms with Gasteiger partial charge in [0.2, 0.25) is 0 Å². The molecule has 2 aromatic rings. The molecule has 168 valence electrons. The lowest BCUT2D eigenvalue weighted by Crippen LogP contribution is -2.16. The first kappa shape index (κ1) is 24.8. The summed E-state index contributed by atoms with van der Waals surface area (Å²) >= 11 is 0.987. The largest absolute Gasteiger partial charge is 0.494 e. The first-order valence-corrected chi connectivity index (χ1v) is 11.1. The van der Waals surface area contributed by atoms with Gasteiger partial charge in [0.25, 0.3) is 5.91 Å². The molecule has 0 saturated carbocycles. The maximum absolute atomic E-state index is 12.8. The van der Waals surface area contributed by atoms with Gasteiger partial charge in [-0.05, 0) is 56.5 Å². The Labute approximate surface area is 191 Å². The molecule has 1 heterocycles. The first-order valence-electron chi connectivity index (χ1n) is 10.3. The SMILES string of the molecule is CCCCOc1ccc(/C=C(\C#N)C(=O)Nc2sc(C(C)=O)c(C)c2C(=O)OCC)cc1. The Kier molecular flexibility index (Phi) is 9.17. The normalized spacial score (nSPS) is 10.9. The molecule has 1 aromatic carbocycles. The van der Waals surface area contributed by atoms with E-state index in [9.17, 15) is 19.6 Å². The van der Waals surface area contributed by atoms with E-state index in [0.717, 1.165) is 24.2 Å². The van der Waals surface area contributed by atoms with Crippen LogP contribution < -0.4 is 10.1 Å². The van der Waals surface area contributed by atoms with E-state index in [4.69, 9.17) is 9.47 Å². The van der Waals surface area contributed by atoms with Crippen molar-refractivity contribution >= 4 is 40.1 Å². The van der Waals surface area contributed by atoms with Crippen molar-refractivity contribution in [2.75, 3.05) is 18.5 Å². The van der Waals surface area contributed by atoms with Crippen LogP contribution in [0.25, 0.3) is 6.08 Å². The van der Waals surface area contributed by atoms with Crippen molar-refractivity contribution in [2.24, 2.45) is 0 Å². The molecule has 0 bridgehead atoms. The number of hydrogen-bond acceptors (Lipinski definition) is 7. The smallest absolute Gasteiger partial charge is 0.341 e. The number of Topliss-reactive ketones (excluding diaryl/α,β-unsaturated/α-hetero) is 1. The molecule has 32 heavy (non-hydrogen) atoms. The van der Waals surface area contributed by atoms with Crippen LogP contribution in [0.4, 0.5) is 5.00 Å². The lowest BCUT2D eigenvalue weighted by Gasteiger charge is -2.07. The summed E-state index contributed by atoms with van der Waals surface area (Å²) in [4.78, 5) is 37.4.